The molecule has 0 spiro atoms. The Morgan fingerprint density at radius 3 is 1.88 bits per heavy atom. The van der Waals surface area contributed by atoms with Crippen LogP contribution in [0.2, 0.25) is 5.02 Å². The monoisotopic (exact) mass is 584 g/mol. The van der Waals surface area contributed by atoms with Gasteiger partial charge >= 0.3 is 5.97 Å². The van der Waals surface area contributed by atoms with Crippen molar-refractivity contribution in [3.63, 3.8) is 0 Å². The number of benzene rings is 4. The Morgan fingerprint density at radius 1 is 0.767 bits per heavy atom. The van der Waals surface area contributed by atoms with Crippen LogP contribution in [0.15, 0.2) is 131 Å². The fraction of sp³-hybridized carbons (Fsp3) is 0.225. The summed E-state index contributed by atoms with van der Waals surface area (Å²) in [4.78, 5) is 13.9. The SMILES string of the molecule is CCOC(=O)CC12C(=C(c3ccc(Cl)cc3)c3ccccc31)C(=C(C)C)C(C)(C)C2=C(c1ccccc1)c1ccccc1. The van der Waals surface area contributed by atoms with Gasteiger partial charge in [-0.2, -0.15) is 0 Å². The number of rotatable bonds is 6. The second-order valence-electron chi connectivity index (χ2n) is 12.2. The summed E-state index contributed by atoms with van der Waals surface area (Å²) in [6.45, 7) is 11.3. The summed E-state index contributed by atoms with van der Waals surface area (Å²) >= 11 is 6.39. The normalized spacial score (nSPS) is 18.4. The zero-order valence-electron chi connectivity index (χ0n) is 25.5. The maximum absolute atomic E-state index is 13.9. The molecule has 1 fully saturated rings. The number of carbonyl (C=O) groups is 1. The van der Waals surface area contributed by atoms with Crippen LogP contribution < -0.4 is 0 Å². The molecule has 2 aliphatic rings. The van der Waals surface area contributed by atoms with Crippen molar-refractivity contribution in [2.45, 2.75) is 46.5 Å². The van der Waals surface area contributed by atoms with Crippen molar-refractivity contribution in [3.8, 4) is 0 Å². The molecule has 0 aliphatic heterocycles. The van der Waals surface area contributed by atoms with Crippen molar-refractivity contribution in [1.82, 2.24) is 0 Å². The van der Waals surface area contributed by atoms with E-state index in [1.54, 1.807) is 0 Å². The van der Waals surface area contributed by atoms with Crippen LogP contribution >= 0.6 is 11.6 Å². The lowest BCUT2D eigenvalue weighted by Gasteiger charge is -2.36. The number of hydrogen-bond donors (Lipinski definition) is 0. The molecular weight excluding hydrogens is 548 g/mol. The molecule has 3 heteroatoms. The molecule has 4 aromatic carbocycles. The van der Waals surface area contributed by atoms with Gasteiger partial charge in [-0.1, -0.05) is 128 Å². The minimum Gasteiger partial charge on any atom is -0.466 e. The smallest absolute Gasteiger partial charge is 0.307 e. The van der Waals surface area contributed by atoms with E-state index in [0.29, 0.717) is 11.6 Å². The first-order valence-corrected chi connectivity index (χ1v) is 15.4. The summed E-state index contributed by atoms with van der Waals surface area (Å²) in [7, 11) is 0. The predicted octanol–water partition coefficient (Wildman–Crippen LogP) is 10.2. The van der Waals surface area contributed by atoms with Gasteiger partial charge in [0.1, 0.15) is 0 Å². The van der Waals surface area contributed by atoms with E-state index in [2.05, 4.69) is 125 Å². The number of halogens is 1. The van der Waals surface area contributed by atoms with Crippen LogP contribution in [0.25, 0.3) is 11.1 Å². The average Bonchev–Trinajstić information content (AvgIpc) is 3.37. The molecule has 0 bridgehead atoms. The molecule has 6 rings (SSSR count). The van der Waals surface area contributed by atoms with Crippen molar-refractivity contribution in [1.29, 1.82) is 0 Å². The Morgan fingerprint density at radius 2 is 1.33 bits per heavy atom. The Hall–Kier alpha value is -4.14. The Bertz CT molecular complexity index is 1740. The van der Waals surface area contributed by atoms with Crippen molar-refractivity contribution >= 4 is 28.7 Å². The molecule has 4 aromatic rings. The maximum Gasteiger partial charge on any atom is 0.307 e. The molecule has 43 heavy (non-hydrogen) atoms. The van der Waals surface area contributed by atoms with Crippen LogP contribution in [0.4, 0.5) is 0 Å². The third kappa shape index (κ3) is 4.60. The van der Waals surface area contributed by atoms with Crippen LogP contribution in [-0.2, 0) is 14.9 Å². The van der Waals surface area contributed by atoms with E-state index in [1.165, 1.54) is 22.3 Å². The van der Waals surface area contributed by atoms with E-state index in [0.717, 1.165) is 39.0 Å². The quantitative estimate of drug-likeness (QED) is 0.211. The van der Waals surface area contributed by atoms with Crippen molar-refractivity contribution < 1.29 is 9.53 Å². The lowest BCUT2D eigenvalue weighted by molar-refractivity contribution is -0.144. The molecule has 0 aromatic heterocycles. The van der Waals surface area contributed by atoms with Crippen molar-refractivity contribution in [2.24, 2.45) is 5.41 Å². The summed E-state index contributed by atoms with van der Waals surface area (Å²) in [6, 6.07) is 38.0. The fourth-order valence-corrected chi connectivity index (χ4v) is 7.93. The van der Waals surface area contributed by atoms with Gasteiger partial charge in [0.2, 0.25) is 0 Å². The molecule has 2 aliphatic carbocycles. The summed E-state index contributed by atoms with van der Waals surface area (Å²) in [5.74, 6) is -0.198. The molecule has 0 radical (unpaired) electrons. The zero-order chi connectivity index (χ0) is 30.4. The van der Waals surface area contributed by atoms with Gasteiger partial charge in [0.25, 0.3) is 0 Å². The van der Waals surface area contributed by atoms with Gasteiger partial charge in [-0.15, -0.1) is 0 Å². The van der Waals surface area contributed by atoms with Crippen LogP contribution in [0, 0.1) is 5.41 Å². The van der Waals surface area contributed by atoms with E-state index in [9.17, 15) is 4.79 Å². The van der Waals surface area contributed by atoms with Crippen LogP contribution in [0.5, 0.6) is 0 Å². The lowest BCUT2D eigenvalue weighted by Crippen LogP contribution is -2.32. The van der Waals surface area contributed by atoms with E-state index in [1.807, 2.05) is 19.1 Å². The van der Waals surface area contributed by atoms with Crippen LogP contribution in [0.3, 0.4) is 0 Å². The number of ether oxygens (including phenoxy) is 1. The molecule has 2 nitrogen and oxygen atoms in total. The standard InChI is InChI=1S/C40H37ClO2/c1-6-43-33(42)25-40-32-20-14-13-19-31(32)35(29-21-23-30(41)24-22-29)37(40)36(26(2)3)39(4,5)38(40)34(27-15-9-7-10-16-27)28-17-11-8-12-18-28/h7-24H,6,25H2,1-5H3. The van der Waals surface area contributed by atoms with Crippen molar-refractivity contribution in [2.75, 3.05) is 6.61 Å². The molecule has 1 saturated carbocycles. The van der Waals surface area contributed by atoms with Gasteiger partial charge < -0.3 is 4.74 Å². The summed E-state index contributed by atoms with van der Waals surface area (Å²) in [6.07, 6.45) is 0.211. The highest BCUT2D eigenvalue weighted by Gasteiger charge is 2.62. The van der Waals surface area contributed by atoms with Gasteiger partial charge in [-0.3, -0.25) is 4.79 Å². The van der Waals surface area contributed by atoms with Crippen LogP contribution in [0.1, 0.15) is 68.9 Å². The third-order valence-electron chi connectivity index (χ3n) is 8.98. The summed E-state index contributed by atoms with van der Waals surface area (Å²) < 4.78 is 5.76. The molecule has 0 amide bonds. The predicted molar refractivity (Wildman–Crippen MR) is 178 cm³/mol. The molecule has 0 N–H and O–H groups in total. The topological polar surface area (TPSA) is 26.3 Å². The highest BCUT2D eigenvalue weighted by molar-refractivity contribution is 6.30. The van der Waals surface area contributed by atoms with Gasteiger partial charge in [-0.05, 0) is 88.6 Å². The molecule has 0 heterocycles. The first-order chi connectivity index (χ1) is 20.7. The second kappa shape index (κ2) is 11.2. The van der Waals surface area contributed by atoms with E-state index < -0.39 is 10.8 Å². The van der Waals surface area contributed by atoms with Gasteiger partial charge in [0, 0.05) is 10.4 Å². The lowest BCUT2D eigenvalue weighted by atomic mass is 9.66. The minimum atomic E-state index is -0.741. The minimum absolute atomic E-state index is 0.198. The van der Waals surface area contributed by atoms with Crippen molar-refractivity contribution in [3.05, 3.63) is 164 Å². The molecule has 1 atom stereocenters. The molecule has 0 saturated heterocycles. The van der Waals surface area contributed by atoms with E-state index in [4.69, 9.17) is 16.3 Å². The van der Waals surface area contributed by atoms with Gasteiger partial charge in [0.05, 0.1) is 18.4 Å². The highest BCUT2D eigenvalue weighted by Crippen LogP contribution is 2.71. The molecule has 216 valence electrons. The zero-order valence-corrected chi connectivity index (χ0v) is 26.3. The fourth-order valence-electron chi connectivity index (χ4n) is 7.81. The first kappa shape index (κ1) is 29.0. The first-order valence-electron chi connectivity index (χ1n) is 15.0. The van der Waals surface area contributed by atoms with E-state index >= 15 is 0 Å². The largest absolute Gasteiger partial charge is 0.466 e. The number of carbonyl (C=O) groups excluding carboxylic acids is 1. The molecule has 1 unspecified atom stereocenters. The van der Waals surface area contributed by atoms with Crippen LogP contribution in [-0.4, -0.2) is 12.6 Å². The Kier molecular flexibility index (Phi) is 7.52. The Balaban J connectivity index is 1.88. The number of hydrogen-bond acceptors (Lipinski definition) is 2. The third-order valence-corrected chi connectivity index (χ3v) is 9.23. The molecular formula is C40H37ClO2. The maximum atomic E-state index is 13.9. The second-order valence-corrected chi connectivity index (χ2v) is 12.6. The van der Waals surface area contributed by atoms with E-state index in [-0.39, 0.29) is 12.4 Å². The number of allylic oxidation sites excluding steroid dienone is 4. The Labute approximate surface area is 260 Å². The summed E-state index contributed by atoms with van der Waals surface area (Å²) in [5.41, 5.74) is 11.8. The van der Waals surface area contributed by atoms with Gasteiger partial charge in [0.15, 0.2) is 0 Å². The average molecular weight is 585 g/mol. The number of esters is 1. The van der Waals surface area contributed by atoms with Gasteiger partial charge in [-0.25, -0.2) is 0 Å². The number of fused-ring (bicyclic) bond motifs is 3. The summed E-state index contributed by atoms with van der Waals surface area (Å²) in [5, 5.41) is 0.698. The highest BCUT2D eigenvalue weighted by atomic mass is 35.5.